The highest BCUT2D eigenvalue weighted by Crippen LogP contribution is 2.33. The fourth-order valence-corrected chi connectivity index (χ4v) is 3.49. The molecule has 0 radical (unpaired) electrons. The zero-order valence-electron chi connectivity index (χ0n) is 22.2. The Kier molecular flexibility index (Phi) is 8.58. The number of carbonyl (C=O) groups excluding carboxylic acids is 3. The molecule has 0 unspecified atom stereocenters. The Balaban J connectivity index is 2.22. The molecule has 196 valence electrons. The van der Waals surface area contributed by atoms with Crippen LogP contribution in [0.3, 0.4) is 0 Å². The van der Waals surface area contributed by atoms with Gasteiger partial charge < -0.3 is 24.0 Å². The van der Waals surface area contributed by atoms with Crippen LogP contribution in [0.5, 0.6) is 0 Å². The van der Waals surface area contributed by atoms with E-state index in [9.17, 15) is 14.4 Å². The van der Waals surface area contributed by atoms with Crippen LogP contribution >= 0.6 is 11.6 Å². The Bertz CT molecular complexity index is 910. The molecule has 0 atom stereocenters. The normalized spacial score (nSPS) is 14.9. The Morgan fingerprint density at radius 1 is 0.771 bits per heavy atom. The van der Waals surface area contributed by atoms with Crippen LogP contribution in [0.2, 0.25) is 5.02 Å². The molecule has 0 saturated carbocycles. The van der Waals surface area contributed by atoms with Crippen molar-refractivity contribution in [3.8, 4) is 0 Å². The second-order valence-corrected chi connectivity index (χ2v) is 11.8. The van der Waals surface area contributed by atoms with Crippen LogP contribution in [0, 0.1) is 0 Å². The number of hydrogen-bond acceptors (Lipinski definition) is 7. The van der Waals surface area contributed by atoms with Crippen molar-refractivity contribution in [2.45, 2.75) is 79.1 Å². The molecule has 0 aliphatic carbocycles. The summed E-state index contributed by atoms with van der Waals surface area (Å²) in [4.78, 5) is 42.7. The SMILES string of the molecule is CC(C)(C)OC(=O)N1CCN(c2ccc(N(C(=O)OC(C)(C)C)C(=O)OC(C)(C)C)c(Cl)c2)CC1. The van der Waals surface area contributed by atoms with Gasteiger partial charge in [-0.2, -0.15) is 4.90 Å². The summed E-state index contributed by atoms with van der Waals surface area (Å²) in [6.07, 6.45) is -2.10. The molecule has 0 aromatic heterocycles. The van der Waals surface area contributed by atoms with Crippen molar-refractivity contribution >= 4 is 41.3 Å². The minimum absolute atomic E-state index is 0.159. The average molecular weight is 512 g/mol. The summed E-state index contributed by atoms with van der Waals surface area (Å²) in [5.74, 6) is 0. The van der Waals surface area contributed by atoms with Gasteiger partial charge in [0, 0.05) is 31.9 Å². The number of amides is 3. The Morgan fingerprint density at radius 2 is 1.23 bits per heavy atom. The van der Waals surface area contributed by atoms with E-state index in [4.69, 9.17) is 25.8 Å². The van der Waals surface area contributed by atoms with Crippen molar-refractivity contribution in [2.75, 3.05) is 36.0 Å². The first-order chi connectivity index (χ1) is 15.9. The highest BCUT2D eigenvalue weighted by atomic mass is 35.5. The van der Waals surface area contributed by atoms with Gasteiger partial charge in [0.1, 0.15) is 16.8 Å². The van der Waals surface area contributed by atoms with E-state index in [1.807, 2.05) is 20.8 Å². The van der Waals surface area contributed by atoms with Gasteiger partial charge in [0.25, 0.3) is 0 Å². The fraction of sp³-hybridized carbons (Fsp3) is 0.640. The summed E-state index contributed by atoms with van der Waals surface area (Å²) < 4.78 is 16.3. The van der Waals surface area contributed by atoms with Gasteiger partial charge in [0.05, 0.1) is 10.7 Å². The molecule has 1 aromatic carbocycles. The number of benzene rings is 1. The second-order valence-electron chi connectivity index (χ2n) is 11.4. The second kappa shape index (κ2) is 10.5. The summed E-state index contributed by atoms with van der Waals surface area (Å²) in [7, 11) is 0. The topological polar surface area (TPSA) is 88.6 Å². The third-order valence-electron chi connectivity index (χ3n) is 4.62. The van der Waals surface area contributed by atoms with Gasteiger partial charge in [0.15, 0.2) is 0 Å². The largest absolute Gasteiger partial charge is 0.444 e. The van der Waals surface area contributed by atoms with Crippen LogP contribution in [0.25, 0.3) is 0 Å². The third kappa shape index (κ3) is 8.80. The predicted molar refractivity (Wildman–Crippen MR) is 136 cm³/mol. The monoisotopic (exact) mass is 511 g/mol. The van der Waals surface area contributed by atoms with Gasteiger partial charge in [-0.15, -0.1) is 0 Å². The van der Waals surface area contributed by atoms with E-state index >= 15 is 0 Å². The van der Waals surface area contributed by atoms with E-state index in [-0.39, 0.29) is 16.8 Å². The molecule has 9 nitrogen and oxygen atoms in total. The van der Waals surface area contributed by atoms with Crippen molar-refractivity contribution < 1.29 is 28.6 Å². The number of piperazine rings is 1. The summed E-state index contributed by atoms with van der Waals surface area (Å²) in [5, 5.41) is 0.189. The van der Waals surface area contributed by atoms with Gasteiger partial charge in [-0.05, 0) is 80.5 Å². The molecule has 1 aromatic rings. The number of rotatable bonds is 2. The van der Waals surface area contributed by atoms with Crippen LogP contribution in [0.1, 0.15) is 62.3 Å². The first-order valence-electron chi connectivity index (χ1n) is 11.6. The lowest BCUT2D eigenvalue weighted by atomic mass is 10.2. The van der Waals surface area contributed by atoms with Gasteiger partial charge in [-0.1, -0.05) is 11.6 Å². The van der Waals surface area contributed by atoms with Crippen molar-refractivity contribution in [1.29, 1.82) is 0 Å². The predicted octanol–water partition coefficient (Wildman–Crippen LogP) is 6.07. The number of halogens is 1. The standard InChI is InChI=1S/C25H38ClN3O6/c1-23(2,3)33-20(30)28-14-12-27(13-15-28)17-10-11-19(18(26)16-17)29(21(31)34-24(4,5)6)22(32)35-25(7,8)9/h10-11,16H,12-15H2,1-9H3. The number of hydrogen-bond donors (Lipinski definition) is 0. The van der Waals surface area contributed by atoms with Gasteiger partial charge in [-0.3, -0.25) is 0 Å². The summed E-state index contributed by atoms with van der Waals surface area (Å²) >= 11 is 6.56. The molecule has 3 amide bonds. The molecule has 1 heterocycles. The summed E-state index contributed by atoms with van der Waals surface area (Å²) in [6.45, 7) is 17.9. The van der Waals surface area contributed by atoms with E-state index in [2.05, 4.69) is 4.90 Å². The van der Waals surface area contributed by atoms with Crippen molar-refractivity contribution in [1.82, 2.24) is 4.90 Å². The van der Waals surface area contributed by atoms with Crippen molar-refractivity contribution in [3.05, 3.63) is 23.2 Å². The molecule has 10 heteroatoms. The molecule has 0 bridgehead atoms. The molecular weight excluding hydrogens is 474 g/mol. The molecule has 35 heavy (non-hydrogen) atoms. The number of imide groups is 1. The molecule has 2 rings (SSSR count). The van der Waals surface area contributed by atoms with E-state index in [1.165, 1.54) is 0 Å². The maximum atomic E-state index is 12.9. The van der Waals surface area contributed by atoms with Gasteiger partial charge in [-0.25, -0.2) is 14.4 Å². The minimum atomic E-state index is -0.882. The van der Waals surface area contributed by atoms with Crippen molar-refractivity contribution in [3.63, 3.8) is 0 Å². The average Bonchev–Trinajstić information content (AvgIpc) is 2.65. The van der Waals surface area contributed by atoms with Gasteiger partial charge in [0.2, 0.25) is 0 Å². The smallest absolute Gasteiger partial charge is 0.424 e. The van der Waals surface area contributed by atoms with Crippen LogP contribution < -0.4 is 9.80 Å². The lowest BCUT2D eigenvalue weighted by Gasteiger charge is -2.37. The Morgan fingerprint density at radius 3 is 1.63 bits per heavy atom. The molecule has 0 spiro atoms. The van der Waals surface area contributed by atoms with E-state index < -0.39 is 29.0 Å². The Hall–Kier alpha value is -2.68. The lowest BCUT2D eigenvalue weighted by Crippen LogP contribution is -2.50. The Labute approximate surface area is 213 Å². The first kappa shape index (κ1) is 28.6. The maximum Gasteiger partial charge on any atom is 0.424 e. The molecule has 1 aliphatic rings. The van der Waals surface area contributed by atoms with Crippen molar-refractivity contribution in [2.24, 2.45) is 0 Å². The summed E-state index contributed by atoms with van der Waals surface area (Å²) in [6, 6.07) is 5.04. The number of nitrogens with zero attached hydrogens (tertiary/aromatic N) is 3. The molecule has 0 N–H and O–H groups in total. The number of carbonyl (C=O) groups is 3. The maximum absolute atomic E-state index is 12.9. The van der Waals surface area contributed by atoms with Gasteiger partial charge >= 0.3 is 18.3 Å². The molecule has 1 aliphatic heterocycles. The van der Waals surface area contributed by atoms with E-state index in [0.717, 1.165) is 10.6 Å². The van der Waals surface area contributed by atoms with E-state index in [0.29, 0.717) is 26.2 Å². The van der Waals surface area contributed by atoms with E-state index in [1.54, 1.807) is 64.6 Å². The highest BCUT2D eigenvalue weighted by Gasteiger charge is 2.34. The van der Waals surface area contributed by atoms with Crippen LogP contribution in [0.15, 0.2) is 18.2 Å². The number of ether oxygens (including phenoxy) is 3. The zero-order valence-corrected chi connectivity index (χ0v) is 23.0. The fourth-order valence-electron chi connectivity index (χ4n) is 3.23. The molecular formula is C25H38ClN3O6. The van der Waals surface area contributed by atoms with Crippen LogP contribution in [-0.4, -0.2) is 66.2 Å². The zero-order chi connectivity index (χ0) is 26.8. The third-order valence-corrected chi connectivity index (χ3v) is 4.92. The minimum Gasteiger partial charge on any atom is -0.444 e. The summed E-state index contributed by atoms with van der Waals surface area (Å²) in [5.41, 5.74) is -1.23. The first-order valence-corrected chi connectivity index (χ1v) is 12.0. The van der Waals surface area contributed by atoms with Crippen LogP contribution in [-0.2, 0) is 14.2 Å². The lowest BCUT2D eigenvalue weighted by molar-refractivity contribution is 0.0239. The molecule has 1 saturated heterocycles. The molecule has 1 fully saturated rings. The number of anilines is 2. The highest BCUT2D eigenvalue weighted by molar-refractivity contribution is 6.35. The quantitative estimate of drug-likeness (QED) is 0.445. The van der Waals surface area contributed by atoms with Crippen LogP contribution in [0.4, 0.5) is 25.8 Å².